The maximum absolute atomic E-state index is 14.8. The summed E-state index contributed by atoms with van der Waals surface area (Å²) in [5.41, 5.74) is 3.67. The number of methoxy groups -OCH3 is 2. The molecule has 238 valence electrons. The number of pyridine rings is 1. The molecule has 0 saturated heterocycles. The fraction of sp³-hybridized carbons (Fsp3) is 0.333. The molecular weight excluding hydrogens is 658 g/mol. The number of halogens is 1. The molecule has 15 heteroatoms. The zero-order valence-electron chi connectivity index (χ0n) is 25.5. The highest BCUT2D eigenvalue weighted by atomic mass is 35.5. The lowest BCUT2D eigenvalue weighted by Crippen LogP contribution is -2.48. The molecule has 6 rings (SSSR count). The number of nitrogens with zero attached hydrogens (tertiary/aromatic N) is 5. The summed E-state index contributed by atoms with van der Waals surface area (Å²) >= 11 is 7.91. The first-order valence-electron chi connectivity index (χ1n) is 13.9. The zero-order chi connectivity index (χ0) is 32.5. The lowest BCUT2D eigenvalue weighted by atomic mass is 9.84. The Balaban J connectivity index is 1.63. The van der Waals surface area contributed by atoms with Gasteiger partial charge in [-0.1, -0.05) is 11.6 Å². The van der Waals surface area contributed by atoms with Crippen molar-refractivity contribution in [2.75, 3.05) is 42.4 Å². The Labute approximate surface area is 271 Å². The molecule has 0 aliphatic heterocycles. The third kappa shape index (κ3) is 4.85. The molecule has 1 aliphatic rings. The number of sulfonamides is 1. The number of likely N-dealkylation sites (N-methyl/N-ethyl adjacent to an activating group) is 1. The molecule has 3 atom stereocenters. The van der Waals surface area contributed by atoms with E-state index in [1.165, 1.54) is 50.1 Å². The minimum Gasteiger partial charge on any atom is -0.496 e. The number of aromatic nitrogens is 3. The van der Waals surface area contributed by atoms with Gasteiger partial charge in [-0.2, -0.15) is 12.3 Å². The first-order chi connectivity index (χ1) is 21.2. The van der Waals surface area contributed by atoms with Crippen molar-refractivity contribution >= 4 is 69.9 Å². The quantitative estimate of drug-likeness (QED) is 0.202. The van der Waals surface area contributed by atoms with Crippen molar-refractivity contribution in [2.45, 2.75) is 28.7 Å². The Morgan fingerprint density at radius 3 is 2.49 bits per heavy atom. The number of fused-ring (bicyclic) bond motifs is 3. The second-order valence-corrected chi connectivity index (χ2v) is 17.1. The maximum Gasteiger partial charge on any atom is 0.332 e. The van der Waals surface area contributed by atoms with E-state index < -0.39 is 41.3 Å². The van der Waals surface area contributed by atoms with Gasteiger partial charge in [0.1, 0.15) is 21.6 Å². The van der Waals surface area contributed by atoms with E-state index in [1.54, 1.807) is 58.0 Å². The molecule has 11 nitrogen and oxygen atoms in total. The van der Waals surface area contributed by atoms with Crippen molar-refractivity contribution in [3.05, 3.63) is 76.5 Å². The van der Waals surface area contributed by atoms with Gasteiger partial charge in [-0.25, -0.2) is 22.4 Å². The summed E-state index contributed by atoms with van der Waals surface area (Å²) in [5, 5.41) is -0.554. The van der Waals surface area contributed by atoms with Gasteiger partial charge in [0.15, 0.2) is 5.65 Å². The molecule has 3 aromatic heterocycles. The molecule has 2 aromatic carbocycles. The van der Waals surface area contributed by atoms with Crippen LogP contribution in [0.15, 0.2) is 65.3 Å². The van der Waals surface area contributed by atoms with Crippen LogP contribution in [0.2, 0.25) is 5.02 Å². The van der Waals surface area contributed by atoms with E-state index >= 15 is 0 Å². The molecule has 5 aromatic rings. The molecule has 0 radical (unpaired) electrons. The normalized spacial score (nSPS) is 19.3. The van der Waals surface area contributed by atoms with E-state index in [2.05, 4.69) is 9.97 Å². The number of thiazole rings is 1. The molecule has 1 aliphatic carbocycles. The van der Waals surface area contributed by atoms with Crippen molar-refractivity contribution in [1.29, 1.82) is 0 Å². The lowest BCUT2D eigenvalue weighted by Gasteiger charge is -2.42. The Morgan fingerprint density at radius 1 is 1.04 bits per heavy atom. The molecule has 0 amide bonds. The number of hydrogen-bond acceptors (Lipinski definition) is 10. The highest BCUT2D eigenvalue weighted by Crippen LogP contribution is 2.51. The minimum absolute atomic E-state index is 0.0366. The van der Waals surface area contributed by atoms with Gasteiger partial charge in [-0.3, -0.25) is 0 Å². The van der Waals surface area contributed by atoms with Crippen LogP contribution >= 0.6 is 22.9 Å². The number of quaternary nitrogens is 1. The highest BCUT2D eigenvalue weighted by Gasteiger charge is 2.51. The third-order valence-electron chi connectivity index (χ3n) is 8.68. The topological polar surface area (TPSA) is 121 Å². The van der Waals surface area contributed by atoms with Gasteiger partial charge in [-0.05, 0) is 50.8 Å². The first kappa shape index (κ1) is 31.9. The van der Waals surface area contributed by atoms with Gasteiger partial charge in [-0.15, -0.1) is 11.3 Å². The largest absolute Gasteiger partial charge is 0.496 e. The molecule has 0 N–H and O–H groups in total. The van der Waals surface area contributed by atoms with Crippen LogP contribution in [0.3, 0.4) is 0 Å². The van der Waals surface area contributed by atoms with Crippen molar-refractivity contribution in [2.24, 2.45) is 0 Å². The van der Waals surface area contributed by atoms with E-state index in [9.17, 15) is 16.8 Å². The van der Waals surface area contributed by atoms with Gasteiger partial charge in [0.25, 0.3) is 0 Å². The number of ether oxygens (including phenoxy) is 2. The van der Waals surface area contributed by atoms with Gasteiger partial charge < -0.3 is 14.4 Å². The number of benzene rings is 2. The molecule has 0 saturated carbocycles. The fourth-order valence-corrected chi connectivity index (χ4v) is 11.0. The fourth-order valence-electron chi connectivity index (χ4n) is 6.19. The molecule has 0 spiro atoms. The predicted octanol–water partition coefficient (Wildman–Crippen LogP) is 5.20. The van der Waals surface area contributed by atoms with E-state index in [1.807, 2.05) is 11.0 Å². The summed E-state index contributed by atoms with van der Waals surface area (Å²) in [7, 11) is 1.14. The number of rotatable bonds is 8. The molecule has 0 fully saturated rings. The lowest BCUT2D eigenvalue weighted by molar-refractivity contribution is 0.0567. The summed E-state index contributed by atoms with van der Waals surface area (Å²) in [6.45, 7) is 0. The van der Waals surface area contributed by atoms with Crippen LogP contribution in [0.5, 0.6) is 5.75 Å². The van der Waals surface area contributed by atoms with Gasteiger partial charge >= 0.3 is 10.0 Å². The van der Waals surface area contributed by atoms with E-state index in [0.29, 0.717) is 11.1 Å². The Hall–Kier alpha value is -3.11. The van der Waals surface area contributed by atoms with Crippen LogP contribution in [-0.2, 0) is 24.8 Å². The van der Waals surface area contributed by atoms with Crippen LogP contribution in [0.4, 0.5) is 5.69 Å². The molecule has 45 heavy (non-hydrogen) atoms. The highest BCUT2D eigenvalue weighted by molar-refractivity contribution is 7.91. The van der Waals surface area contributed by atoms with Crippen molar-refractivity contribution in [1.82, 2.24) is 22.7 Å². The third-order valence-corrected chi connectivity index (χ3v) is 14.1. The van der Waals surface area contributed by atoms with Gasteiger partial charge in [0.05, 0.1) is 48.1 Å². The van der Waals surface area contributed by atoms with Crippen molar-refractivity contribution in [3.8, 4) is 5.75 Å². The molecule has 3 unspecified atom stereocenters. The smallest absolute Gasteiger partial charge is 0.332 e. The van der Waals surface area contributed by atoms with Crippen LogP contribution in [0.1, 0.15) is 28.9 Å². The van der Waals surface area contributed by atoms with Crippen LogP contribution < -0.4 is 8.63 Å². The second kappa shape index (κ2) is 11.3. The number of hydrogen-bond donors (Lipinski definition) is 0. The second-order valence-electron chi connectivity index (χ2n) is 11.5. The summed E-state index contributed by atoms with van der Waals surface area (Å²) < 4.78 is 72.3. The van der Waals surface area contributed by atoms with Gasteiger partial charge in [0, 0.05) is 54.2 Å². The minimum atomic E-state index is -4.32. The SMILES string of the molecule is COc1ccc(S(=O)(=O)[N+](C)(C)c2ccc3ncsc3c2)c2c1C(S(=O)(=O)n1cc(Cl)c3cccnc31)C(N(C)C)CC2OC. The van der Waals surface area contributed by atoms with Crippen LogP contribution in [0.25, 0.3) is 21.3 Å². The van der Waals surface area contributed by atoms with Crippen LogP contribution in [0, 0.1) is 0 Å². The molecule has 0 bridgehead atoms. The van der Waals surface area contributed by atoms with Crippen LogP contribution in [-0.4, -0.2) is 84.1 Å². The average molecular weight is 691 g/mol. The standard InChI is InChI=1S/C30H33ClN5O6S3/c1-34(2)22-15-24(42-6)27-26(45(39,40)36(3,4)18-9-10-21-25(14-18)43-17-33-21)12-11-23(41-5)28(27)29(22)44(37,38)35-16-20(31)19-8-7-13-32-30(19)35/h7-14,16-17,22,24,29H,15H2,1-6H3/q+1. The van der Waals surface area contributed by atoms with Gasteiger partial charge in [0.2, 0.25) is 10.0 Å². The predicted molar refractivity (Wildman–Crippen MR) is 177 cm³/mol. The summed E-state index contributed by atoms with van der Waals surface area (Å²) in [6, 6.07) is 11.1. The van der Waals surface area contributed by atoms with Crippen molar-refractivity contribution < 1.29 is 26.3 Å². The van der Waals surface area contributed by atoms with E-state index in [0.717, 1.165) is 14.2 Å². The first-order valence-corrected chi connectivity index (χ1v) is 18.1. The average Bonchev–Trinajstić information content (AvgIpc) is 3.63. The maximum atomic E-state index is 14.8. The Bertz CT molecular complexity index is 2160. The Kier molecular flexibility index (Phi) is 8.00. The monoisotopic (exact) mass is 690 g/mol. The molecular formula is C30H33ClN5O6S3+. The molecule has 3 heterocycles. The van der Waals surface area contributed by atoms with E-state index in [-0.39, 0.29) is 38.9 Å². The summed E-state index contributed by atoms with van der Waals surface area (Å²) in [5.74, 6) is 0.234. The van der Waals surface area contributed by atoms with E-state index in [4.69, 9.17) is 21.1 Å². The Morgan fingerprint density at radius 2 is 1.80 bits per heavy atom. The summed E-state index contributed by atoms with van der Waals surface area (Å²) in [4.78, 5) is 10.4. The zero-order valence-corrected chi connectivity index (χ0v) is 28.7. The summed E-state index contributed by atoms with van der Waals surface area (Å²) in [6.07, 6.45) is 2.27. The van der Waals surface area contributed by atoms with Crippen molar-refractivity contribution in [3.63, 3.8) is 0 Å².